The predicted octanol–water partition coefficient (Wildman–Crippen LogP) is 2.07. The lowest BCUT2D eigenvalue weighted by atomic mass is 10.0. The van der Waals surface area contributed by atoms with Gasteiger partial charge in [0.2, 0.25) is 6.41 Å². The first-order valence-electron chi connectivity index (χ1n) is 4.31. The van der Waals surface area contributed by atoms with Crippen LogP contribution in [0.3, 0.4) is 0 Å². The summed E-state index contributed by atoms with van der Waals surface area (Å²) in [4.78, 5) is 12.4. The van der Waals surface area contributed by atoms with Crippen molar-refractivity contribution in [3.8, 4) is 0 Å². The first kappa shape index (κ1) is 8.05. The van der Waals surface area contributed by atoms with Crippen LogP contribution in [0.15, 0.2) is 30.3 Å². The maximum Gasteiger partial charge on any atom is 0.214 e. The van der Waals surface area contributed by atoms with E-state index in [0.717, 1.165) is 17.7 Å². The molecule has 0 saturated heterocycles. The van der Waals surface area contributed by atoms with Crippen LogP contribution in [-0.2, 0) is 4.79 Å². The van der Waals surface area contributed by atoms with E-state index < -0.39 is 0 Å². The Kier molecular flexibility index (Phi) is 1.89. The van der Waals surface area contributed by atoms with Gasteiger partial charge < -0.3 is 4.90 Å². The molecule has 0 unspecified atom stereocenters. The molecule has 2 rings (SSSR count). The number of rotatable bonds is 1. The molecule has 0 spiro atoms. The molecule has 0 saturated carbocycles. The summed E-state index contributed by atoms with van der Waals surface area (Å²) in [6.45, 7) is 2.76. The average Bonchev–Trinajstić information content (AvgIpc) is 2.19. The number of benzene rings is 1. The molecule has 0 bridgehead atoms. The van der Waals surface area contributed by atoms with Crippen LogP contribution in [0.5, 0.6) is 0 Å². The number of amides is 1. The van der Waals surface area contributed by atoms with E-state index in [1.165, 1.54) is 5.57 Å². The Hall–Kier alpha value is -1.57. The number of nitrogens with zero attached hydrogens (tertiary/aromatic N) is 1. The Morgan fingerprint density at radius 2 is 2.15 bits per heavy atom. The molecule has 0 aliphatic carbocycles. The quantitative estimate of drug-likeness (QED) is 0.595. The highest BCUT2D eigenvalue weighted by Crippen LogP contribution is 2.29. The summed E-state index contributed by atoms with van der Waals surface area (Å²) in [5, 5.41) is 0. The fourth-order valence-corrected chi connectivity index (χ4v) is 1.60. The SMILES string of the molecule is CC1=CCN(C=O)c2ccccc21. The minimum absolute atomic E-state index is 0.687. The van der Waals surface area contributed by atoms with Crippen molar-refractivity contribution < 1.29 is 4.79 Å². The molecule has 1 heterocycles. The van der Waals surface area contributed by atoms with E-state index >= 15 is 0 Å². The van der Waals surface area contributed by atoms with Crippen LogP contribution in [0.4, 0.5) is 5.69 Å². The Bertz CT molecular complexity index is 368. The van der Waals surface area contributed by atoms with E-state index in [1.807, 2.05) is 24.3 Å². The molecule has 0 radical (unpaired) electrons. The van der Waals surface area contributed by atoms with Crippen molar-refractivity contribution in [3.63, 3.8) is 0 Å². The highest BCUT2D eigenvalue weighted by Gasteiger charge is 2.14. The Labute approximate surface area is 77.5 Å². The standard InChI is InChI=1S/C11H11NO/c1-9-6-7-12(8-13)11-5-3-2-4-10(9)11/h2-6,8H,7H2,1H3. The van der Waals surface area contributed by atoms with Gasteiger partial charge in [-0.05, 0) is 18.6 Å². The van der Waals surface area contributed by atoms with Gasteiger partial charge in [0.25, 0.3) is 0 Å². The molecular formula is C11H11NO. The smallest absolute Gasteiger partial charge is 0.214 e. The molecule has 66 valence electrons. The van der Waals surface area contributed by atoms with Crippen molar-refractivity contribution in [2.75, 3.05) is 11.4 Å². The number of anilines is 1. The molecule has 2 heteroatoms. The molecule has 1 aliphatic heterocycles. The van der Waals surface area contributed by atoms with Gasteiger partial charge in [0, 0.05) is 12.1 Å². The summed E-state index contributed by atoms with van der Waals surface area (Å²) in [7, 11) is 0. The van der Waals surface area contributed by atoms with Crippen molar-refractivity contribution in [2.24, 2.45) is 0 Å². The highest BCUT2D eigenvalue weighted by atomic mass is 16.1. The van der Waals surface area contributed by atoms with E-state index in [9.17, 15) is 4.79 Å². The number of hydrogen-bond donors (Lipinski definition) is 0. The van der Waals surface area contributed by atoms with E-state index in [-0.39, 0.29) is 0 Å². The third-order valence-corrected chi connectivity index (χ3v) is 2.36. The van der Waals surface area contributed by atoms with Crippen LogP contribution in [-0.4, -0.2) is 13.0 Å². The van der Waals surface area contributed by atoms with Crippen molar-refractivity contribution in [2.45, 2.75) is 6.92 Å². The molecule has 1 amide bonds. The maximum absolute atomic E-state index is 10.7. The van der Waals surface area contributed by atoms with E-state index in [4.69, 9.17) is 0 Å². The Balaban J connectivity index is 2.56. The topological polar surface area (TPSA) is 20.3 Å². The largest absolute Gasteiger partial charge is 0.311 e. The van der Waals surface area contributed by atoms with Gasteiger partial charge in [-0.2, -0.15) is 0 Å². The van der Waals surface area contributed by atoms with Gasteiger partial charge in [0.1, 0.15) is 0 Å². The maximum atomic E-state index is 10.7. The van der Waals surface area contributed by atoms with Crippen LogP contribution in [0.25, 0.3) is 5.57 Å². The first-order valence-corrected chi connectivity index (χ1v) is 4.31. The molecule has 1 aromatic rings. The molecular weight excluding hydrogens is 162 g/mol. The molecule has 2 nitrogen and oxygen atoms in total. The normalized spacial score (nSPS) is 14.8. The van der Waals surface area contributed by atoms with Gasteiger partial charge in [-0.25, -0.2) is 0 Å². The first-order chi connectivity index (χ1) is 6.33. The summed E-state index contributed by atoms with van der Waals surface area (Å²) >= 11 is 0. The zero-order valence-electron chi connectivity index (χ0n) is 7.53. The van der Waals surface area contributed by atoms with E-state index in [1.54, 1.807) is 4.90 Å². The monoisotopic (exact) mass is 173 g/mol. The molecule has 0 fully saturated rings. The van der Waals surface area contributed by atoms with Gasteiger partial charge in [-0.3, -0.25) is 4.79 Å². The lowest BCUT2D eigenvalue weighted by molar-refractivity contribution is -0.107. The fraction of sp³-hybridized carbons (Fsp3) is 0.182. The van der Waals surface area contributed by atoms with Crippen LogP contribution >= 0.6 is 0 Å². The lowest BCUT2D eigenvalue weighted by Crippen LogP contribution is -2.24. The number of allylic oxidation sites excluding steroid dienone is 1. The zero-order chi connectivity index (χ0) is 9.26. The number of fused-ring (bicyclic) bond motifs is 1. The second kappa shape index (κ2) is 3.05. The van der Waals surface area contributed by atoms with Crippen LogP contribution < -0.4 is 4.90 Å². The fourth-order valence-electron chi connectivity index (χ4n) is 1.60. The third-order valence-electron chi connectivity index (χ3n) is 2.36. The summed E-state index contributed by atoms with van der Waals surface area (Å²) in [6.07, 6.45) is 2.94. The summed E-state index contributed by atoms with van der Waals surface area (Å²) < 4.78 is 0. The van der Waals surface area contributed by atoms with Crippen molar-refractivity contribution >= 4 is 17.7 Å². The van der Waals surface area contributed by atoms with Crippen molar-refractivity contribution in [1.82, 2.24) is 0 Å². The average molecular weight is 173 g/mol. The van der Waals surface area contributed by atoms with E-state index in [2.05, 4.69) is 13.0 Å². The van der Waals surface area contributed by atoms with Crippen LogP contribution in [0, 0.1) is 0 Å². The van der Waals surface area contributed by atoms with Gasteiger partial charge in [0.05, 0.1) is 5.69 Å². The molecule has 13 heavy (non-hydrogen) atoms. The second-order valence-electron chi connectivity index (χ2n) is 3.16. The van der Waals surface area contributed by atoms with E-state index in [0.29, 0.717) is 6.54 Å². The van der Waals surface area contributed by atoms with Crippen molar-refractivity contribution in [1.29, 1.82) is 0 Å². The van der Waals surface area contributed by atoms with Gasteiger partial charge in [-0.15, -0.1) is 0 Å². The summed E-state index contributed by atoms with van der Waals surface area (Å²) in [5.41, 5.74) is 3.41. The van der Waals surface area contributed by atoms with Crippen LogP contribution in [0.2, 0.25) is 0 Å². The molecule has 0 N–H and O–H groups in total. The number of para-hydroxylation sites is 1. The van der Waals surface area contributed by atoms with Crippen molar-refractivity contribution in [3.05, 3.63) is 35.9 Å². The zero-order valence-corrected chi connectivity index (χ0v) is 7.53. The minimum atomic E-state index is 0.687. The second-order valence-corrected chi connectivity index (χ2v) is 3.16. The molecule has 0 atom stereocenters. The predicted molar refractivity (Wildman–Crippen MR) is 53.5 cm³/mol. The molecule has 0 aromatic heterocycles. The molecule has 1 aliphatic rings. The lowest BCUT2D eigenvalue weighted by Gasteiger charge is -2.24. The summed E-state index contributed by atoms with van der Waals surface area (Å²) in [6, 6.07) is 7.95. The number of carbonyl (C=O) groups excluding carboxylic acids is 1. The summed E-state index contributed by atoms with van der Waals surface area (Å²) in [5.74, 6) is 0. The minimum Gasteiger partial charge on any atom is -0.311 e. The van der Waals surface area contributed by atoms with Gasteiger partial charge in [0.15, 0.2) is 0 Å². The highest BCUT2D eigenvalue weighted by molar-refractivity contribution is 5.87. The Morgan fingerprint density at radius 3 is 2.92 bits per heavy atom. The third kappa shape index (κ3) is 1.24. The van der Waals surface area contributed by atoms with Gasteiger partial charge in [-0.1, -0.05) is 24.3 Å². The number of hydrogen-bond acceptors (Lipinski definition) is 1. The number of carbonyl (C=O) groups is 1. The van der Waals surface area contributed by atoms with Gasteiger partial charge >= 0.3 is 0 Å². The van der Waals surface area contributed by atoms with Crippen LogP contribution in [0.1, 0.15) is 12.5 Å². The molecule has 1 aromatic carbocycles. The Morgan fingerprint density at radius 1 is 1.38 bits per heavy atom.